The number of hydrogen-bond acceptors (Lipinski definition) is 7. The second kappa shape index (κ2) is 12.0. The van der Waals surface area contributed by atoms with Crippen LogP contribution < -0.4 is 10.0 Å². The average molecular weight is 514 g/mol. The Labute approximate surface area is 207 Å². The van der Waals surface area contributed by atoms with Crippen LogP contribution in [-0.4, -0.2) is 44.3 Å². The molecule has 9 nitrogen and oxygen atoms in total. The maximum absolute atomic E-state index is 13.0. The van der Waals surface area contributed by atoms with Gasteiger partial charge in [0.2, 0.25) is 0 Å². The molecule has 2 aromatic carbocycles. The second-order valence-corrected chi connectivity index (χ2v) is 9.35. The zero-order chi connectivity index (χ0) is 26.1. The molecule has 188 valence electrons. The van der Waals surface area contributed by atoms with Crippen molar-refractivity contribution in [1.82, 2.24) is 15.0 Å². The van der Waals surface area contributed by atoms with E-state index in [9.17, 15) is 27.2 Å². The fraction of sp³-hybridized carbons (Fsp3) is 0.200. The quantitative estimate of drug-likeness (QED) is 0.399. The number of nitrogens with one attached hydrogen (secondary N) is 2. The van der Waals surface area contributed by atoms with Crippen LogP contribution in [0.1, 0.15) is 50.1 Å². The number of ether oxygens (including phenoxy) is 1. The van der Waals surface area contributed by atoms with Crippen molar-refractivity contribution in [2.45, 2.75) is 24.7 Å². The summed E-state index contributed by atoms with van der Waals surface area (Å²) in [5.41, 5.74) is 0.818. The first-order chi connectivity index (χ1) is 17.2. The molecule has 0 unspecified atom stereocenters. The smallest absolute Gasteiger partial charge is 0.356 e. The molecule has 0 saturated carbocycles. The second-order valence-electron chi connectivity index (χ2n) is 7.66. The first-order valence-electron chi connectivity index (χ1n) is 11.0. The van der Waals surface area contributed by atoms with Crippen molar-refractivity contribution < 1.29 is 31.9 Å². The molecule has 0 bridgehead atoms. The van der Waals surface area contributed by atoms with Gasteiger partial charge in [-0.3, -0.25) is 9.59 Å². The molecule has 3 aromatic rings. The average Bonchev–Trinajstić information content (AvgIpc) is 2.88. The van der Waals surface area contributed by atoms with Gasteiger partial charge in [-0.25, -0.2) is 27.3 Å². The van der Waals surface area contributed by atoms with Crippen LogP contribution in [0.2, 0.25) is 0 Å². The van der Waals surface area contributed by atoms with Crippen molar-refractivity contribution in [1.29, 1.82) is 0 Å². The number of benzene rings is 2. The summed E-state index contributed by atoms with van der Waals surface area (Å²) in [4.78, 5) is 40.3. The molecule has 0 spiro atoms. The highest BCUT2D eigenvalue weighted by atomic mass is 32.2. The number of esters is 1. The van der Waals surface area contributed by atoms with Gasteiger partial charge < -0.3 is 10.1 Å². The number of pyridine rings is 1. The van der Waals surface area contributed by atoms with E-state index in [1.54, 1.807) is 12.1 Å². The number of halogens is 1. The molecule has 1 aromatic heterocycles. The van der Waals surface area contributed by atoms with Crippen LogP contribution in [-0.2, 0) is 21.2 Å². The van der Waals surface area contributed by atoms with E-state index in [1.165, 1.54) is 42.5 Å². The van der Waals surface area contributed by atoms with Gasteiger partial charge >= 0.3 is 5.97 Å². The van der Waals surface area contributed by atoms with E-state index >= 15 is 0 Å². The monoisotopic (exact) mass is 513 g/mol. The first kappa shape index (κ1) is 26.5. The largest absolute Gasteiger partial charge is 0.461 e. The molecule has 2 N–H and O–H groups in total. The van der Waals surface area contributed by atoms with Crippen molar-refractivity contribution >= 4 is 27.8 Å². The van der Waals surface area contributed by atoms with Crippen LogP contribution in [0.15, 0.2) is 71.8 Å². The van der Waals surface area contributed by atoms with Crippen LogP contribution >= 0.6 is 0 Å². The zero-order valence-corrected chi connectivity index (χ0v) is 20.2. The summed E-state index contributed by atoms with van der Waals surface area (Å²) in [6.07, 6.45) is 2.17. The first-order valence-corrected chi connectivity index (χ1v) is 12.5. The fourth-order valence-corrected chi connectivity index (χ4v) is 4.06. The molecule has 0 aliphatic heterocycles. The Balaban J connectivity index is 1.62. The highest BCUT2D eigenvalue weighted by Gasteiger charge is 2.21. The molecular formula is C25H24FN3O6S. The van der Waals surface area contributed by atoms with Crippen LogP contribution in [0, 0.1) is 5.82 Å². The minimum Gasteiger partial charge on any atom is -0.461 e. The number of carbonyl (C=O) groups excluding carboxylic acids is 3. The highest BCUT2D eigenvalue weighted by Crippen LogP contribution is 2.13. The third-order valence-corrected chi connectivity index (χ3v) is 6.25. The Bertz CT molecular complexity index is 1340. The lowest BCUT2D eigenvalue weighted by atomic mass is 10.1. The molecule has 0 fully saturated rings. The molecule has 3 rings (SSSR count). The van der Waals surface area contributed by atoms with E-state index in [0.29, 0.717) is 12.8 Å². The number of aromatic nitrogens is 1. The summed E-state index contributed by atoms with van der Waals surface area (Å²) in [6.45, 7) is 2.33. The van der Waals surface area contributed by atoms with Gasteiger partial charge in [0.05, 0.1) is 17.1 Å². The molecule has 0 aliphatic carbocycles. The molecule has 0 radical (unpaired) electrons. The molecule has 1 heterocycles. The fourth-order valence-electron chi connectivity index (χ4n) is 3.04. The van der Waals surface area contributed by atoms with E-state index in [2.05, 4.69) is 10.3 Å². The van der Waals surface area contributed by atoms with Crippen LogP contribution in [0.3, 0.4) is 0 Å². The number of sulfonamides is 1. The summed E-state index contributed by atoms with van der Waals surface area (Å²) >= 11 is 0. The van der Waals surface area contributed by atoms with Crippen molar-refractivity contribution in [3.8, 4) is 0 Å². The van der Waals surface area contributed by atoms with E-state index in [0.717, 1.165) is 17.8 Å². The topological polar surface area (TPSA) is 132 Å². The van der Waals surface area contributed by atoms with Gasteiger partial charge in [0.15, 0.2) is 0 Å². The summed E-state index contributed by atoms with van der Waals surface area (Å²) in [5, 5.41) is 2.67. The van der Waals surface area contributed by atoms with Gasteiger partial charge in [-0.1, -0.05) is 25.1 Å². The molecule has 11 heteroatoms. The molecule has 36 heavy (non-hydrogen) atoms. The SMILES string of the molecule is CCCOC(=O)c1ccc(C(=O)NS(=O)(=O)c2cccc(C(=O)NCCc3ccc(F)cc3)c2)cn1. The molecule has 0 aliphatic rings. The van der Waals surface area contributed by atoms with Crippen molar-refractivity contribution in [2.24, 2.45) is 0 Å². The summed E-state index contributed by atoms with van der Waals surface area (Å²) in [7, 11) is -4.30. The molecule has 0 saturated heterocycles. The van der Waals surface area contributed by atoms with Crippen molar-refractivity contribution in [3.05, 3.63) is 95.1 Å². The molecule has 2 amide bonds. The third kappa shape index (κ3) is 7.19. The standard InChI is InChI=1S/C25H24FN3O6S/c1-2-14-35-25(32)22-11-8-19(16-28-22)24(31)29-36(33,34)21-5-3-4-18(15-21)23(30)27-13-12-17-6-9-20(26)10-7-17/h3-11,15-16H,2,12-14H2,1H3,(H,27,30)(H,29,31). The number of rotatable bonds is 10. The van der Waals surface area contributed by atoms with Gasteiger partial charge in [-0.2, -0.15) is 0 Å². The predicted octanol–water partition coefficient (Wildman–Crippen LogP) is 2.88. The summed E-state index contributed by atoms with van der Waals surface area (Å²) < 4.78 is 45.3. The lowest BCUT2D eigenvalue weighted by Crippen LogP contribution is -2.31. The van der Waals surface area contributed by atoms with Gasteiger partial charge in [0.25, 0.3) is 21.8 Å². The van der Waals surface area contributed by atoms with E-state index in [4.69, 9.17) is 4.74 Å². The van der Waals surface area contributed by atoms with Crippen molar-refractivity contribution in [3.63, 3.8) is 0 Å². The minimum atomic E-state index is -4.30. The maximum atomic E-state index is 13.0. The van der Waals surface area contributed by atoms with Crippen molar-refractivity contribution in [2.75, 3.05) is 13.2 Å². The van der Waals surface area contributed by atoms with Crippen LogP contribution in [0.4, 0.5) is 4.39 Å². The normalized spacial score (nSPS) is 10.9. The van der Waals surface area contributed by atoms with E-state index in [-0.39, 0.29) is 40.7 Å². The summed E-state index contributed by atoms with van der Waals surface area (Å²) in [5.74, 6) is -2.46. The highest BCUT2D eigenvalue weighted by molar-refractivity contribution is 7.90. The molecule has 0 atom stereocenters. The zero-order valence-electron chi connectivity index (χ0n) is 19.4. The van der Waals surface area contributed by atoms with Gasteiger partial charge in [0.1, 0.15) is 11.5 Å². The lowest BCUT2D eigenvalue weighted by molar-refractivity contribution is 0.0497. The number of carbonyl (C=O) groups is 3. The van der Waals surface area contributed by atoms with Crippen LogP contribution in [0.5, 0.6) is 0 Å². The number of amides is 2. The Morgan fingerprint density at radius 1 is 0.972 bits per heavy atom. The third-order valence-electron chi connectivity index (χ3n) is 4.92. The maximum Gasteiger partial charge on any atom is 0.356 e. The van der Waals surface area contributed by atoms with Crippen LogP contribution in [0.25, 0.3) is 0 Å². The van der Waals surface area contributed by atoms with Gasteiger partial charge in [-0.15, -0.1) is 0 Å². The Morgan fingerprint density at radius 2 is 1.72 bits per heavy atom. The lowest BCUT2D eigenvalue weighted by Gasteiger charge is -2.10. The summed E-state index contributed by atoms with van der Waals surface area (Å²) in [6, 6.07) is 13.6. The Kier molecular flexibility index (Phi) is 8.85. The molecular weight excluding hydrogens is 489 g/mol. The Morgan fingerprint density at radius 3 is 2.39 bits per heavy atom. The minimum absolute atomic E-state index is 0.0130. The number of hydrogen-bond donors (Lipinski definition) is 2. The predicted molar refractivity (Wildman–Crippen MR) is 128 cm³/mol. The van der Waals surface area contributed by atoms with E-state index < -0.39 is 27.8 Å². The Hall–Kier alpha value is -4.12. The van der Waals surface area contributed by atoms with E-state index in [1.807, 2.05) is 11.6 Å². The van der Waals surface area contributed by atoms with Gasteiger partial charge in [-0.05, 0) is 60.9 Å². The van der Waals surface area contributed by atoms with Gasteiger partial charge in [0, 0.05) is 18.3 Å². The number of nitrogens with zero attached hydrogens (tertiary/aromatic N) is 1.